The highest BCUT2D eigenvalue weighted by atomic mass is 16.6. The number of nitrogens with one attached hydrogen (secondary N) is 2. The van der Waals surface area contributed by atoms with E-state index >= 15 is 0 Å². The molecule has 0 saturated heterocycles. The van der Waals surface area contributed by atoms with E-state index in [4.69, 9.17) is 9.47 Å². The first-order valence-corrected chi connectivity index (χ1v) is 9.90. The zero-order valence-corrected chi connectivity index (χ0v) is 17.4. The summed E-state index contributed by atoms with van der Waals surface area (Å²) in [5.74, 6) is 1.20. The maximum absolute atomic E-state index is 13.0. The second-order valence-corrected chi connectivity index (χ2v) is 9.20. The molecule has 28 heavy (non-hydrogen) atoms. The first-order valence-electron chi connectivity index (χ1n) is 9.90. The second-order valence-electron chi connectivity index (χ2n) is 9.20. The molecule has 4 rings (SSSR count). The standard InChI is InChI=1S/C21H31N3O4/c1-13(17-16(27-5)7-6-8-22-17)23-18(25)15(12-21-9-14(10-21)11-21)24-19(26)28-20(2,3)4/h6-8,13-15H,9-12H2,1-5H3,(H,23,25)(H,24,26). The second kappa shape index (κ2) is 7.60. The zero-order valence-electron chi connectivity index (χ0n) is 17.4. The van der Waals surface area contributed by atoms with Gasteiger partial charge in [-0.1, -0.05) is 0 Å². The molecule has 2 atom stereocenters. The SMILES string of the molecule is COc1cccnc1C(C)NC(=O)C(CC12CC(C1)C2)NC(=O)OC(C)(C)C. The van der Waals surface area contributed by atoms with Crippen LogP contribution in [0.15, 0.2) is 18.3 Å². The molecule has 3 aliphatic carbocycles. The molecule has 1 aromatic rings. The van der Waals surface area contributed by atoms with Gasteiger partial charge in [0.2, 0.25) is 5.91 Å². The van der Waals surface area contributed by atoms with Crippen LogP contribution in [0.1, 0.15) is 65.1 Å². The molecule has 0 spiro atoms. The van der Waals surface area contributed by atoms with Crippen molar-refractivity contribution >= 4 is 12.0 Å². The fourth-order valence-electron chi connectivity index (χ4n) is 4.28. The molecule has 0 aliphatic heterocycles. The quantitative estimate of drug-likeness (QED) is 0.746. The molecule has 154 valence electrons. The fourth-order valence-corrected chi connectivity index (χ4v) is 4.28. The number of hydrogen-bond donors (Lipinski definition) is 2. The molecule has 3 fully saturated rings. The minimum atomic E-state index is -0.631. The third-order valence-electron chi connectivity index (χ3n) is 5.60. The van der Waals surface area contributed by atoms with Crippen molar-refractivity contribution in [3.05, 3.63) is 24.0 Å². The van der Waals surface area contributed by atoms with Crippen molar-refractivity contribution in [2.24, 2.45) is 11.3 Å². The summed E-state index contributed by atoms with van der Waals surface area (Å²) in [6.07, 6.45) is 5.19. The number of nitrogens with zero attached hydrogens (tertiary/aromatic N) is 1. The van der Waals surface area contributed by atoms with Crippen molar-refractivity contribution in [3.63, 3.8) is 0 Å². The Morgan fingerprint density at radius 3 is 2.50 bits per heavy atom. The number of amides is 2. The normalized spacial score (nSPS) is 24.8. The van der Waals surface area contributed by atoms with Gasteiger partial charge in [-0.2, -0.15) is 0 Å². The molecule has 2 unspecified atom stereocenters. The number of pyridine rings is 1. The summed E-state index contributed by atoms with van der Waals surface area (Å²) in [7, 11) is 1.57. The third kappa shape index (κ3) is 4.56. The Labute approximate surface area is 166 Å². The van der Waals surface area contributed by atoms with E-state index in [-0.39, 0.29) is 17.4 Å². The van der Waals surface area contributed by atoms with Crippen LogP contribution in [0.3, 0.4) is 0 Å². The van der Waals surface area contributed by atoms with Gasteiger partial charge < -0.3 is 20.1 Å². The molecule has 2 amide bonds. The average molecular weight is 389 g/mol. The molecule has 1 aromatic heterocycles. The van der Waals surface area contributed by atoms with Gasteiger partial charge in [-0.3, -0.25) is 9.78 Å². The number of carbonyl (C=O) groups is 2. The lowest BCUT2D eigenvalue weighted by Crippen LogP contribution is -2.58. The highest BCUT2D eigenvalue weighted by Gasteiger charge is 2.57. The largest absolute Gasteiger partial charge is 0.495 e. The van der Waals surface area contributed by atoms with Gasteiger partial charge in [-0.15, -0.1) is 0 Å². The van der Waals surface area contributed by atoms with Crippen LogP contribution in [0.5, 0.6) is 5.75 Å². The Kier molecular flexibility index (Phi) is 5.55. The highest BCUT2D eigenvalue weighted by molar-refractivity contribution is 5.86. The topological polar surface area (TPSA) is 89.5 Å². The molecule has 0 radical (unpaired) electrons. The summed E-state index contributed by atoms with van der Waals surface area (Å²) in [5, 5.41) is 5.76. The van der Waals surface area contributed by atoms with Gasteiger partial charge in [0.1, 0.15) is 23.1 Å². The van der Waals surface area contributed by atoms with Gasteiger partial charge in [0.15, 0.2) is 0 Å². The van der Waals surface area contributed by atoms with E-state index in [0.717, 1.165) is 25.2 Å². The predicted molar refractivity (Wildman–Crippen MR) is 105 cm³/mol. The van der Waals surface area contributed by atoms with Gasteiger partial charge in [-0.25, -0.2) is 4.79 Å². The minimum Gasteiger partial charge on any atom is -0.495 e. The summed E-state index contributed by atoms with van der Waals surface area (Å²) < 4.78 is 10.7. The number of carbonyl (C=O) groups excluding carboxylic acids is 2. The third-order valence-corrected chi connectivity index (χ3v) is 5.60. The van der Waals surface area contributed by atoms with E-state index in [0.29, 0.717) is 17.9 Å². The zero-order chi connectivity index (χ0) is 20.5. The van der Waals surface area contributed by atoms with E-state index in [9.17, 15) is 9.59 Å². The molecule has 3 saturated carbocycles. The van der Waals surface area contributed by atoms with E-state index < -0.39 is 17.7 Å². The molecular formula is C21H31N3O4. The molecular weight excluding hydrogens is 358 g/mol. The van der Waals surface area contributed by atoms with Crippen LogP contribution in [-0.2, 0) is 9.53 Å². The minimum absolute atomic E-state index is 0.202. The van der Waals surface area contributed by atoms with E-state index in [2.05, 4.69) is 15.6 Å². The molecule has 3 aliphatic rings. The molecule has 7 nitrogen and oxygen atoms in total. The first kappa shape index (κ1) is 20.4. The van der Waals surface area contributed by atoms with Crippen LogP contribution in [0.25, 0.3) is 0 Å². The van der Waals surface area contributed by atoms with Gasteiger partial charge in [-0.05, 0) is 76.8 Å². The van der Waals surface area contributed by atoms with Crippen molar-refractivity contribution in [1.82, 2.24) is 15.6 Å². The summed E-state index contributed by atoms with van der Waals surface area (Å²) in [5.41, 5.74) is 0.240. The Morgan fingerprint density at radius 2 is 1.96 bits per heavy atom. The number of alkyl carbamates (subject to hydrolysis) is 1. The number of hydrogen-bond acceptors (Lipinski definition) is 5. The summed E-state index contributed by atoms with van der Waals surface area (Å²) in [4.78, 5) is 29.6. The predicted octanol–water partition coefficient (Wildman–Crippen LogP) is 3.35. The fraction of sp³-hybridized carbons (Fsp3) is 0.667. The lowest BCUT2D eigenvalue weighted by Gasteiger charge is -2.63. The van der Waals surface area contributed by atoms with Gasteiger partial charge in [0.05, 0.1) is 13.2 Å². The molecule has 1 heterocycles. The maximum atomic E-state index is 13.0. The van der Waals surface area contributed by atoms with Crippen LogP contribution < -0.4 is 15.4 Å². The number of rotatable bonds is 7. The highest BCUT2D eigenvalue weighted by Crippen LogP contribution is 2.66. The van der Waals surface area contributed by atoms with Crippen LogP contribution in [0, 0.1) is 11.3 Å². The molecule has 7 heteroatoms. The number of aromatic nitrogens is 1. The van der Waals surface area contributed by atoms with Crippen molar-refractivity contribution in [2.45, 2.75) is 71.1 Å². The summed E-state index contributed by atoms with van der Waals surface area (Å²) in [6, 6.07) is 2.61. The molecule has 2 N–H and O–H groups in total. The van der Waals surface area contributed by atoms with E-state index in [1.807, 2.05) is 13.0 Å². The van der Waals surface area contributed by atoms with Crippen molar-refractivity contribution in [2.75, 3.05) is 7.11 Å². The Morgan fingerprint density at radius 1 is 1.29 bits per heavy atom. The van der Waals surface area contributed by atoms with Gasteiger partial charge in [0, 0.05) is 6.20 Å². The first-order chi connectivity index (χ1) is 13.1. The molecule has 2 bridgehead atoms. The van der Waals surface area contributed by atoms with Gasteiger partial charge >= 0.3 is 6.09 Å². The lowest BCUT2D eigenvalue weighted by atomic mass is 9.43. The monoisotopic (exact) mass is 389 g/mol. The van der Waals surface area contributed by atoms with Crippen LogP contribution in [-0.4, -0.2) is 35.7 Å². The van der Waals surface area contributed by atoms with Crippen molar-refractivity contribution < 1.29 is 19.1 Å². The van der Waals surface area contributed by atoms with E-state index in [1.54, 1.807) is 40.1 Å². The van der Waals surface area contributed by atoms with Crippen LogP contribution >= 0.6 is 0 Å². The maximum Gasteiger partial charge on any atom is 0.408 e. The Bertz CT molecular complexity index is 726. The van der Waals surface area contributed by atoms with Crippen LogP contribution in [0.4, 0.5) is 4.79 Å². The van der Waals surface area contributed by atoms with Crippen molar-refractivity contribution in [3.8, 4) is 5.75 Å². The molecule has 0 aromatic carbocycles. The number of ether oxygens (including phenoxy) is 2. The lowest BCUT2D eigenvalue weighted by molar-refractivity contribution is -0.137. The van der Waals surface area contributed by atoms with Crippen molar-refractivity contribution in [1.29, 1.82) is 0 Å². The smallest absolute Gasteiger partial charge is 0.408 e. The summed E-state index contributed by atoms with van der Waals surface area (Å²) >= 11 is 0. The van der Waals surface area contributed by atoms with Gasteiger partial charge in [0.25, 0.3) is 0 Å². The van der Waals surface area contributed by atoms with E-state index in [1.165, 1.54) is 0 Å². The Balaban J connectivity index is 1.67. The van der Waals surface area contributed by atoms with Crippen LogP contribution in [0.2, 0.25) is 0 Å². The summed E-state index contributed by atoms with van der Waals surface area (Å²) in [6.45, 7) is 7.27. The average Bonchev–Trinajstić information content (AvgIpc) is 2.53. The Hall–Kier alpha value is -2.31. The number of methoxy groups -OCH3 is 1.